The summed E-state index contributed by atoms with van der Waals surface area (Å²) in [6, 6.07) is 15.2. The summed E-state index contributed by atoms with van der Waals surface area (Å²) in [5, 5.41) is 12.4. The van der Waals surface area contributed by atoms with Gasteiger partial charge >= 0.3 is 0 Å². The molecule has 0 aliphatic carbocycles. The van der Waals surface area contributed by atoms with Crippen molar-refractivity contribution in [2.75, 3.05) is 23.1 Å². The van der Waals surface area contributed by atoms with Gasteiger partial charge in [0, 0.05) is 30.6 Å². The fourth-order valence-corrected chi connectivity index (χ4v) is 5.56. The number of hydrogen-bond acceptors (Lipinski definition) is 7. The number of anilines is 2. The maximum Gasteiger partial charge on any atom is 0.290 e. The van der Waals surface area contributed by atoms with Crippen LogP contribution in [0.15, 0.2) is 64.3 Å². The second-order valence-electron chi connectivity index (χ2n) is 7.86. The highest BCUT2D eigenvalue weighted by molar-refractivity contribution is 7.92. The Hall–Kier alpha value is -2.66. The van der Waals surface area contributed by atoms with E-state index in [4.69, 9.17) is 21.5 Å². The topological polar surface area (TPSA) is 112 Å². The number of carbonyl (C=O) groups is 1. The molecule has 2 heterocycles. The average molecular weight is 509 g/mol. The molecule has 0 bridgehead atoms. The number of thiazole rings is 1. The summed E-state index contributed by atoms with van der Waals surface area (Å²) in [6.45, 7) is 4.69. The Morgan fingerprint density at radius 3 is 2.64 bits per heavy atom. The Labute approximate surface area is 202 Å². The van der Waals surface area contributed by atoms with E-state index in [0.29, 0.717) is 10.8 Å². The van der Waals surface area contributed by atoms with E-state index < -0.39 is 10.0 Å². The standard InChI is InChI=1S/C21H23ClN4O2S2.CH2O2/c1-21(9-10-26(14-21)12-16-5-3-2-4-6-16)24-19-8-7-17(11-18(19)22)30(27,28)25-20-13-29-15-23-20;2-1-3/h2-8,11,13,15,24-25H,9-10,12,14H2,1H3;1H,(H,2,3)/t21-;/m0./s1. The molecule has 33 heavy (non-hydrogen) atoms. The Bertz CT molecular complexity index is 1160. The van der Waals surface area contributed by atoms with Gasteiger partial charge in [-0.1, -0.05) is 41.9 Å². The minimum Gasteiger partial charge on any atom is -0.483 e. The molecule has 1 aliphatic rings. The van der Waals surface area contributed by atoms with Crippen molar-refractivity contribution in [3.63, 3.8) is 0 Å². The highest BCUT2D eigenvalue weighted by Gasteiger charge is 2.34. The smallest absolute Gasteiger partial charge is 0.290 e. The van der Waals surface area contributed by atoms with Crippen LogP contribution >= 0.6 is 22.9 Å². The average Bonchev–Trinajstić information content (AvgIpc) is 3.40. The van der Waals surface area contributed by atoms with Crippen molar-refractivity contribution in [3.8, 4) is 0 Å². The third-order valence-electron chi connectivity index (χ3n) is 5.16. The van der Waals surface area contributed by atoms with Crippen LogP contribution in [0.25, 0.3) is 0 Å². The predicted octanol–water partition coefficient (Wildman–Crippen LogP) is 4.37. The molecule has 3 N–H and O–H groups in total. The fourth-order valence-electron chi connectivity index (χ4n) is 3.68. The molecule has 4 rings (SSSR count). The Morgan fingerprint density at radius 2 is 2.00 bits per heavy atom. The molecule has 0 saturated carbocycles. The van der Waals surface area contributed by atoms with Gasteiger partial charge in [-0.3, -0.25) is 14.4 Å². The number of nitrogens with one attached hydrogen (secondary N) is 2. The van der Waals surface area contributed by atoms with E-state index in [-0.39, 0.29) is 16.9 Å². The lowest BCUT2D eigenvalue weighted by atomic mass is 10.0. The third-order valence-corrected chi connectivity index (χ3v) is 7.41. The van der Waals surface area contributed by atoms with Gasteiger partial charge < -0.3 is 10.4 Å². The van der Waals surface area contributed by atoms with Crippen molar-refractivity contribution in [1.29, 1.82) is 0 Å². The molecule has 11 heteroatoms. The lowest BCUT2D eigenvalue weighted by molar-refractivity contribution is -0.122. The second-order valence-corrected chi connectivity index (χ2v) is 10.7. The first-order valence-corrected chi connectivity index (χ1v) is 12.9. The van der Waals surface area contributed by atoms with Crippen molar-refractivity contribution < 1.29 is 18.3 Å². The van der Waals surface area contributed by atoms with E-state index in [1.807, 2.05) is 6.07 Å². The number of benzene rings is 2. The van der Waals surface area contributed by atoms with Crippen LogP contribution in [0, 0.1) is 0 Å². The van der Waals surface area contributed by atoms with Crippen LogP contribution in [0.4, 0.5) is 11.5 Å². The lowest BCUT2D eigenvalue weighted by Crippen LogP contribution is -2.38. The normalized spacial score (nSPS) is 18.2. The molecule has 1 saturated heterocycles. The van der Waals surface area contributed by atoms with E-state index in [0.717, 1.165) is 31.7 Å². The second kappa shape index (κ2) is 11.0. The van der Waals surface area contributed by atoms with E-state index in [9.17, 15) is 8.42 Å². The van der Waals surface area contributed by atoms with Gasteiger partial charge in [0.05, 0.1) is 21.1 Å². The van der Waals surface area contributed by atoms with Crippen LogP contribution < -0.4 is 10.0 Å². The van der Waals surface area contributed by atoms with Crippen molar-refractivity contribution >= 4 is 50.9 Å². The fraction of sp³-hybridized carbons (Fsp3) is 0.273. The van der Waals surface area contributed by atoms with Crippen LogP contribution in [-0.4, -0.2) is 48.5 Å². The summed E-state index contributed by atoms with van der Waals surface area (Å²) < 4.78 is 27.6. The Morgan fingerprint density at radius 1 is 1.27 bits per heavy atom. The zero-order valence-corrected chi connectivity index (χ0v) is 20.3. The summed E-state index contributed by atoms with van der Waals surface area (Å²) >= 11 is 7.76. The molecule has 1 atom stereocenters. The number of carboxylic acid groups (broad SMARTS) is 1. The number of halogens is 1. The van der Waals surface area contributed by atoms with Gasteiger partial charge in [-0.2, -0.15) is 0 Å². The van der Waals surface area contributed by atoms with Crippen LogP contribution in [0.1, 0.15) is 18.9 Å². The van der Waals surface area contributed by atoms with Gasteiger partial charge in [-0.25, -0.2) is 13.4 Å². The largest absolute Gasteiger partial charge is 0.483 e. The third kappa shape index (κ3) is 6.91. The molecule has 1 aliphatic heterocycles. The number of nitrogens with zero attached hydrogens (tertiary/aromatic N) is 2. The van der Waals surface area contributed by atoms with Gasteiger partial charge in [0.25, 0.3) is 16.5 Å². The van der Waals surface area contributed by atoms with Gasteiger partial charge in [0.15, 0.2) is 5.82 Å². The van der Waals surface area contributed by atoms with Crippen LogP contribution in [0.3, 0.4) is 0 Å². The van der Waals surface area contributed by atoms with Crippen LogP contribution in [0.5, 0.6) is 0 Å². The summed E-state index contributed by atoms with van der Waals surface area (Å²) in [5.41, 5.74) is 3.45. The summed E-state index contributed by atoms with van der Waals surface area (Å²) in [4.78, 5) is 14.8. The van der Waals surface area contributed by atoms with Crippen molar-refractivity contribution in [3.05, 3.63) is 70.0 Å². The molecule has 2 aromatic carbocycles. The van der Waals surface area contributed by atoms with Gasteiger partial charge in [0.2, 0.25) is 0 Å². The molecule has 8 nitrogen and oxygen atoms in total. The summed E-state index contributed by atoms with van der Waals surface area (Å²) in [6.07, 6.45) is 0.974. The van der Waals surface area contributed by atoms with Crippen molar-refractivity contribution in [2.45, 2.75) is 30.3 Å². The maximum atomic E-state index is 12.6. The monoisotopic (exact) mass is 508 g/mol. The zero-order chi connectivity index (χ0) is 23.9. The van der Waals surface area contributed by atoms with Crippen molar-refractivity contribution in [1.82, 2.24) is 9.88 Å². The van der Waals surface area contributed by atoms with E-state index in [1.54, 1.807) is 23.0 Å². The van der Waals surface area contributed by atoms with Gasteiger partial charge in [-0.15, -0.1) is 11.3 Å². The molecule has 3 aromatic rings. The highest BCUT2D eigenvalue weighted by atomic mass is 35.5. The van der Waals surface area contributed by atoms with Crippen LogP contribution in [-0.2, 0) is 21.4 Å². The molecule has 1 aromatic heterocycles. The number of hydrogen-bond donors (Lipinski definition) is 3. The molecule has 0 radical (unpaired) electrons. The predicted molar refractivity (Wildman–Crippen MR) is 131 cm³/mol. The minimum atomic E-state index is -3.73. The van der Waals surface area contributed by atoms with Gasteiger partial charge in [-0.05, 0) is 37.1 Å². The molecule has 1 fully saturated rings. The molecule has 0 unspecified atom stereocenters. The first kappa shape index (κ1) is 25.0. The zero-order valence-electron chi connectivity index (χ0n) is 17.9. The molecular weight excluding hydrogens is 484 g/mol. The summed E-state index contributed by atoms with van der Waals surface area (Å²) in [7, 11) is -3.73. The molecule has 176 valence electrons. The molecular formula is C22H25ClN4O4S2. The molecule has 0 spiro atoms. The molecule has 0 amide bonds. The first-order chi connectivity index (χ1) is 15.7. The van der Waals surface area contributed by atoms with E-state index in [2.05, 4.69) is 51.1 Å². The number of sulfonamides is 1. The van der Waals surface area contributed by atoms with Gasteiger partial charge in [0.1, 0.15) is 0 Å². The SMILES string of the molecule is C[C@]1(Nc2ccc(S(=O)(=O)Nc3cscn3)cc2Cl)CCN(Cc2ccccc2)C1.O=CO. The Balaban J connectivity index is 0.000000968. The lowest BCUT2D eigenvalue weighted by Gasteiger charge is -2.28. The summed E-state index contributed by atoms with van der Waals surface area (Å²) in [5.74, 6) is 0.301. The minimum absolute atomic E-state index is 0.105. The number of rotatable bonds is 7. The first-order valence-electron chi connectivity index (χ1n) is 10.1. The number of likely N-dealkylation sites (tertiary alicyclic amines) is 1. The highest BCUT2D eigenvalue weighted by Crippen LogP contribution is 2.32. The quantitative estimate of drug-likeness (QED) is 0.406. The van der Waals surface area contributed by atoms with Crippen molar-refractivity contribution in [2.24, 2.45) is 0 Å². The number of aromatic nitrogens is 1. The van der Waals surface area contributed by atoms with E-state index >= 15 is 0 Å². The van der Waals surface area contributed by atoms with E-state index in [1.165, 1.54) is 23.0 Å². The van der Waals surface area contributed by atoms with Crippen LogP contribution in [0.2, 0.25) is 5.02 Å². The maximum absolute atomic E-state index is 12.6. The Kier molecular flexibility index (Phi) is 8.30.